The van der Waals surface area contributed by atoms with Gasteiger partial charge in [0.05, 0.1) is 5.52 Å². The van der Waals surface area contributed by atoms with Crippen LogP contribution in [-0.2, 0) is 0 Å². The minimum atomic E-state index is -0.995. The Labute approximate surface area is 120 Å². The SMILES string of the molecule is N=C(N1CCC(NC(=O)O)CC1)n1nnc2ccccc21. The Bertz CT molecular complexity index is 674. The highest BCUT2D eigenvalue weighted by atomic mass is 16.4. The summed E-state index contributed by atoms with van der Waals surface area (Å²) in [5, 5.41) is 27.6. The maximum absolute atomic E-state index is 10.6. The number of para-hydroxylation sites is 1. The first-order valence-electron chi connectivity index (χ1n) is 6.79. The van der Waals surface area contributed by atoms with Crippen LogP contribution in [0.15, 0.2) is 24.3 Å². The van der Waals surface area contributed by atoms with E-state index in [2.05, 4.69) is 15.6 Å². The summed E-state index contributed by atoms with van der Waals surface area (Å²) < 4.78 is 1.51. The molecule has 8 nitrogen and oxygen atoms in total. The van der Waals surface area contributed by atoms with E-state index in [0.717, 1.165) is 11.0 Å². The number of hydrogen-bond acceptors (Lipinski definition) is 4. The van der Waals surface area contributed by atoms with Crippen LogP contribution in [0.1, 0.15) is 12.8 Å². The maximum atomic E-state index is 10.6. The van der Waals surface area contributed by atoms with Gasteiger partial charge in [-0.3, -0.25) is 5.41 Å². The van der Waals surface area contributed by atoms with E-state index in [0.29, 0.717) is 25.9 Å². The second kappa shape index (κ2) is 5.39. The van der Waals surface area contributed by atoms with E-state index < -0.39 is 6.09 Å². The van der Waals surface area contributed by atoms with Crippen molar-refractivity contribution in [2.24, 2.45) is 0 Å². The molecule has 110 valence electrons. The lowest BCUT2D eigenvalue weighted by Gasteiger charge is -2.32. The molecule has 1 aliphatic rings. The Morgan fingerprint density at radius 2 is 2.05 bits per heavy atom. The third kappa shape index (κ3) is 2.64. The van der Waals surface area contributed by atoms with Crippen LogP contribution in [0.25, 0.3) is 11.0 Å². The fourth-order valence-corrected chi connectivity index (χ4v) is 2.57. The zero-order chi connectivity index (χ0) is 14.8. The van der Waals surface area contributed by atoms with Gasteiger partial charge in [0.1, 0.15) is 5.52 Å². The minimum absolute atomic E-state index is 0.0426. The highest BCUT2D eigenvalue weighted by molar-refractivity contribution is 5.89. The van der Waals surface area contributed by atoms with E-state index in [1.54, 1.807) is 0 Å². The molecule has 3 N–H and O–H groups in total. The van der Waals surface area contributed by atoms with Gasteiger partial charge in [-0.05, 0) is 25.0 Å². The number of nitrogens with one attached hydrogen (secondary N) is 2. The lowest BCUT2D eigenvalue weighted by Crippen LogP contribution is -2.47. The van der Waals surface area contributed by atoms with Crippen molar-refractivity contribution >= 4 is 23.1 Å². The topological polar surface area (TPSA) is 107 Å². The number of benzene rings is 1. The van der Waals surface area contributed by atoms with Crippen LogP contribution in [0.2, 0.25) is 0 Å². The summed E-state index contributed by atoms with van der Waals surface area (Å²) in [4.78, 5) is 12.5. The Morgan fingerprint density at radius 1 is 1.33 bits per heavy atom. The van der Waals surface area contributed by atoms with Gasteiger partial charge in [0, 0.05) is 19.1 Å². The Morgan fingerprint density at radius 3 is 2.76 bits per heavy atom. The van der Waals surface area contributed by atoms with Crippen molar-refractivity contribution in [1.82, 2.24) is 25.2 Å². The van der Waals surface area contributed by atoms with Crippen molar-refractivity contribution < 1.29 is 9.90 Å². The number of rotatable bonds is 1. The fraction of sp³-hybridized carbons (Fsp3) is 0.385. The molecule has 0 spiro atoms. The van der Waals surface area contributed by atoms with Gasteiger partial charge in [0.15, 0.2) is 0 Å². The predicted octanol–water partition coefficient (Wildman–Crippen LogP) is 0.946. The largest absolute Gasteiger partial charge is 0.465 e. The zero-order valence-corrected chi connectivity index (χ0v) is 11.4. The van der Waals surface area contributed by atoms with Crippen molar-refractivity contribution in [2.75, 3.05) is 13.1 Å². The van der Waals surface area contributed by atoms with Gasteiger partial charge in [0.2, 0.25) is 5.96 Å². The molecular weight excluding hydrogens is 272 g/mol. The molecule has 1 saturated heterocycles. The molecule has 8 heteroatoms. The smallest absolute Gasteiger partial charge is 0.404 e. The van der Waals surface area contributed by atoms with E-state index in [1.807, 2.05) is 29.2 Å². The summed E-state index contributed by atoms with van der Waals surface area (Å²) in [5.74, 6) is 0.275. The molecule has 1 aliphatic heterocycles. The number of piperidine rings is 1. The highest BCUT2D eigenvalue weighted by Crippen LogP contribution is 2.14. The molecule has 0 bridgehead atoms. The van der Waals surface area contributed by atoms with E-state index in [-0.39, 0.29) is 12.0 Å². The molecule has 1 fully saturated rings. The third-order valence-electron chi connectivity index (χ3n) is 3.67. The van der Waals surface area contributed by atoms with Gasteiger partial charge in [-0.1, -0.05) is 17.3 Å². The van der Waals surface area contributed by atoms with Crippen LogP contribution in [-0.4, -0.2) is 56.2 Å². The van der Waals surface area contributed by atoms with Gasteiger partial charge >= 0.3 is 6.09 Å². The molecule has 0 unspecified atom stereocenters. The number of hydrogen-bond donors (Lipinski definition) is 3. The average Bonchev–Trinajstić information content (AvgIpc) is 2.90. The quantitative estimate of drug-likeness (QED) is 0.535. The average molecular weight is 288 g/mol. The van der Waals surface area contributed by atoms with Crippen molar-refractivity contribution in [3.05, 3.63) is 24.3 Å². The van der Waals surface area contributed by atoms with Gasteiger partial charge in [-0.15, -0.1) is 5.10 Å². The number of amides is 1. The second-order valence-corrected chi connectivity index (χ2v) is 5.02. The highest BCUT2D eigenvalue weighted by Gasteiger charge is 2.24. The normalized spacial score (nSPS) is 16.1. The van der Waals surface area contributed by atoms with E-state index in [1.165, 1.54) is 4.68 Å². The van der Waals surface area contributed by atoms with E-state index in [9.17, 15) is 4.79 Å². The molecule has 2 heterocycles. The standard InChI is InChI=1S/C13H16N6O2/c14-12(18-7-5-9(6-8-18)15-13(20)21)19-11-4-2-1-3-10(11)16-17-19/h1-4,9,14-15H,5-8H2,(H,20,21). The molecule has 1 aromatic carbocycles. The number of fused-ring (bicyclic) bond motifs is 1. The lowest BCUT2D eigenvalue weighted by molar-refractivity contribution is 0.181. The number of carboxylic acid groups (broad SMARTS) is 1. The first-order chi connectivity index (χ1) is 10.1. The summed E-state index contributed by atoms with van der Waals surface area (Å²) in [6.07, 6.45) is 0.369. The molecule has 1 amide bonds. The molecule has 1 aromatic heterocycles. The molecule has 3 rings (SSSR count). The minimum Gasteiger partial charge on any atom is -0.465 e. The fourth-order valence-electron chi connectivity index (χ4n) is 2.57. The van der Waals surface area contributed by atoms with Crippen molar-refractivity contribution in [2.45, 2.75) is 18.9 Å². The van der Waals surface area contributed by atoms with Gasteiger partial charge < -0.3 is 15.3 Å². The van der Waals surface area contributed by atoms with Crippen LogP contribution in [0.3, 0.4) is 0 Å². The van der Waals surface area contributed by atoms with Crippen molar-refractivity contribution in [3.63, 3.8) is 0 Å². The van der Waals surface area contributed by atoms with Crippen LogP contribution in [0, 0.1) is 5.41 Å². The van der Waals surface area contributed by atoms with Crippen molar-refractivity contribution in [3.8, 4) is 0 Å². The predicted molar refractivity (Wildman–Crippen MR) is 76.4 cm³/mol. The maximum Gasteiger partial charge on any atom is 0.404 e. The Hall–Kier alpha value is -2.64. The number of carbonyl (C=O) groups is 1. The van der Waals surface area contributed by atoms with Crippen LogP contribution in [0.5, 0.6) is 0 Å². The van der Waals surface area contributed by atoms with Gasteiger partial charge in [-0.25, -0.2) is 4.79 Å². The molecule has 0 atom stereocenters. The molecule has 0 aliphatic carbocycles. The van der Waals surface area contributed by atoms with E-state index in [4.69, 9.17) is 10.5 Å². The summed E-state index contributed by atoms with van der Waals surface area (Å²) in [6, 6.07) is 7.46. The summed E-state index contributed by atoms with van der Waals surface area (Å²) >= 11 is 0. The summed E-state index contributed by atoms with van der Waals surface area (Å²) in [7, 11) is 0. The van der Waals surface area contributed by atoms with E-state index >= 15 is 0 Å². The second-order valence-electron chi connectivity index (χ2n) is 5.02. The van der Waals surface area contributed by atoms with Crippen LogP contribution < -0.4 is 5.32 Å². The monoisotopic (exact) mass is 288 g/mol. The van der Waals surface area contributed by atoms with Crippen LogP contribution >= 0.6 is 0 Å². The Balaban J connectivity index is 1.71. The number of nitrogens with zero attached hydrogens (tertiary/aromatic N) is 4. The van der Waals surface area contributed by atoms with Gasteiger partial charge in [-0.2, -0.15) is 4.68 Å². The Kier molecular flexibility index (Phi) is 3.43. The molecule has 0 saturated carbocycles. The zero-order valence-electron chi connectivity index (χ0n) is 11.4. The first-order valence-corrected chi connectivity index (χ1v) is 6.79. The summed E-state index contributed by atoms with van der Waals surface area (Å²) in [6.45, 7) is 1.25. The molecular formula is C13H16N6O2. The molecule has 2 aromatic rings. The molecule has 0 radical (unpaired) electrons. The first kappa shape index (κ1) is 13.3. The lowest BCUT2D eigenvalue weighted by atomic mass is 10.1. The number of likely N-dealkylation sites (tertiary alicyclic amines) is 1. The summed E-state index contributed by atoms with van der Waals surface area (Å²) in [5.41, 5.74) is 1.55. The van der Waals surface area contributed by atoms with Crippen molar-refractivity contribution in [1.29, 1.82) is 5.41 Å². The van der Waals surface area contributed by atoms with Crippen LogP contribution in [0.4, 0.5) is 4.79 Å². The molecule has 21 heavy (non-hydrogen) atoms. The van der Waals surface area contributed by atoms with Gasteiger partial charge in [0.25, 0.3) is 0 Å². The number of aromatic nitrogens is 3. The third-order valence-corrected chi connectivity index (χ3v) is 3.67.